The van der Waals surface area contributed by atoms with Gasteiger partial charge in [-0.2, -0.15) is 0 Å². The Balaban J connectivity index is 3.02. The van der Waals surface area contributed by atoms with Crippen molar-refractivity contribution in [2.24, 2.45) is 0 Å². The van der Waals surface area contributed by atoms with Gasteiger partial charge in [-0.3, -0.25) is 0 Å². The standard InChI is InChI=1S/C8H12NPS/c1-6-3-4-7(9-2)5-8(6)11-10/h3-5,9H,10H2,1-2H3. The summed E-state index contributed by atoms with van der Waals surface area (Å²) in [6.45, 7) is 2.12. The van der Waals surface area contributed by atoms with Crippen molar-refractivity contribution in [1.82, 2.24) is 0 Å². The van der Waals surface area contributed by atoms with Gasteiger partial charge >= 0.3 is 0 Å². The number of hydrogen-bond donors (Lipinski definition) is 1. The minimum Gasteiger partial charge on any atom is -0.388 e. The summed E-state index contributed by atoms with van der Waals surface area (Å²) in [5.74, 6) is 0. The summed E-state index contributed by atoms with van der Waals surface area (Å²) >= 11 is 1.70. The van der Waals surface area contributed by atoms with Crippen LogP contribution in [0.25, 0.3) is 0 Å². The van der Waals surface area contributed by atoms with E-state index in [2.05, 4.69) is 38.9 Å². The predicted octanol–water partition coefficient (Wildman–Crippen LogP) is 2.92. The largest absolute Gasteiger partial charge is 0.388 e. The third-order valence-corrected chi connectivity index (χ3v) is 3.06. The van der Waals surface area contributed by atoms with Gasteiger partial charge in [0.25, 0.3) is 0 Å². The molecule has 1 unspecified atom stereocenters. The summed E-state index contributed by atoms with van der Waals surface area (Å²) in [6, 6.07) is 6.35. The van der Waals surface area contributed by atoms with Gasteiger partial charge < -0.3 is 5.32 Å². The second-order valence-electron chi connectivity index (χ2n) is 2.35. The summed E-state index contributed by atoms with van der Waals surface area (Å²) in [5, 5.41) is 3.11. The number of anilines is 1. The van der Waals surface area contributed by atoms with Crippen molar-refractivity contribution >= 4 is 25.5 Å². The number of rotatable bonds is 2. The van der Waals surface area contributed by atoms with Crippen molar-refractivity contribution in [3.8, 4) is 0 Å². The fraction of sp³-hybridized carbons (Fsp3) is 0.250. The molecule has 3 heteroatoms. The first-order chi connectivity index (χ1) is 5.27. The van der Waals surface area contributed by atoms with Crippen molar-refractivity contribution < 1.29 is 0 Å². The second-order valence-corrected chi connectivity index (χ2v) is 3.73. The Morgan fingerprint density at radius 1 is 1.45 bits per heavy atom. The molecule has 0 aliphatic heterocycles. The summed E-state index contributed by atoms with van der Waals surface area (Å²) < 4.78 is 0. The minimum atomic E-state index is 1.17. The Kier molecular flexibility index (Phi) is 3.22. The molecule has 0 aliphatic rings. The first-order valence-corrected chi connectivity index (χ1v) is 5.72. The smallest absolute Gasteiger partial charge is 0.0349 e. The fourth-order valence-electron chi connectivity index (χ4n) is 0.883. The molecule has 0 fully saturated rings. The lowest BCUT2D eigenvalue weighted by Crippen LogP contribution is -1.88. The molecule has 11 heavy (non-hydrogen) atoms. The highest BCUT2D eigenvalue weighted by molar-refractivity contribution is 8.43. The van der Waals surface area contributed by atoms with Crippen LogP contribution < -0.4 is 5.32 Å². The van der Waals surface area contributed by atoms with Crippen LogP contribution in [0, 0.1) is 6.92 Å². The Labute approximate surface area is 73.9 Å². The van der Waals surface area contributed by atoms with Crippen LogP contribution in [0.3, 0.4) is 0 Å². The van der Waals surface area contributed by atoms with Crippen molar-refractivity contribution in [2.75, 3.05) is 12.4 Å². The van der Waals surface area contributed by atoms with Gasteiger partial charge in [0, 0.05) is 17.6 Å². The fourth-order valence-corrected chi connectivity index (χ4v) is 2.09. The molecule has 0 saturated heterocycles. The zero-order valence-corrected chi connectivity index (χ0v) is 8.69. The van der Waals surface area contributed by atoms with E-state index in [4.69, 9.17) is 0 Å². The molecule has 1 atom stereocenters. The Hall–Kier alpha value is -0.200. The van der Waals surface area contributed by atoms with E-state index < -0.39 is 0 Å². The summed E-state index contributed by atoms with van der Waals surface area (Å²) in [6.07, 6.45) is 0. The van der Waals surface area contributed by atoms with E-state index in [-0.39, 0.29) is 0 Å². The molecule has 1 nitrogen and oxygen atoms in total. The summed E-state index contributed by atoms with van der Waals surface area (Å²) in [7, 11) is 4.59. The maximum atomic E-state index is 3.11. The van der Waals surface area contributed by atoms with Gasteiger partial charge in [0.2, 0.25) is 0 Å². The normalized spacial score (nSPS) is 9.73. The topological polar surface area (TPSA) is 12.0 Å². The molecule has 60 valence electrons. The van der Waals surface area contributed by atoms with E-state index >= 15 is 0 Å². The molecule has 1 aromatic rings. The monoisotopic (exact) mass is 185 g/mol. The van der Waals surface area contributed by atoms with Crippen LogP contribution in [0.15, 0.2) is 23.1 Å². The van der Waals surface area contributed by atoms with Crippen molar-refractivity contribution in [1.29, 1.82) is 0 Å². The Morgan fingerprint density at radius 2 is 2.18 bits per heavy atom. The molecular formula is C8H12NPS. The minimum absolute atomic E-state index is 1.17. The van der Waals surface area contributed by atoms with Gasteiger partial charge in [0.05, 0.1) is 0 Å². The zero-order chi connectivity index (χ0) is 8.27. The molecule has 1 N–H and O–H groups in total. The molecule has 1 aromatic carbocycles. The van der Waals surface area contributed by atoms with Gasteiger partial charge in [0.15, 0.2) is 0 Å². The van der Waals surface area contributed by atoms with E-state index in [1.165, 1.54) is 16.1 Å². The van der Waals surface area contributed by atoms with Crippen LogP contribution in [0.1, 0.15) is 5.56 Å². The van der Waals surface area contributed by atoms with Gasteiger partial charge in [-0.05, 0) is 24.6 Å². The predicted molar refractivity (Wildman–Crippen MR) is 56.3 cm³/mol. The lowest BCUT2D eigenvalue weighted by molar-refractivity contribution is 1.30. The number of benzene rings is 1. The van der Waals surface area contributed by atoms with Crippen molar-refractivity contribution in [3.63, 3.8) is 0 Å². The molecule has 0 radical (unpaired) electrons. The zero-order valence-electron chi connectivity index (χ0n) is 6.72. The van der Waals surface area contributed by atoms with Crippen molar-refractivity contribution in [2.45, 2.75) is 11.8 Å². The van der Waals surface area contributed by atoms with Crippen LogP contribution in [0.2, 0.25) is 0 Å². The molecule has 0 bridgehead atoms. The first-order valence-electron chi connectivity index (χ1n) is 3.43. The molecule has 1 rings (SSSR count). The molecule has 0 amide bonds. The number of aryl methyl sites for hydroxylation is 1. The molecule has 0 heterocycles. The number of hydrogen-bond acceptors (Lipinski definition) is 2. The summed E-state index contributed by atoms with van der Waals surface area (Å²) in [4.78, 5) is 1.31. The van der Waals surface area contributed by atoms with E-state index in [1.54, 1.807) is 11.4 Å². The maximum absolute atomic E-state index is 3.11. The van der Waals surface area contributed by atoms with Crippen LogP contribution in [-0.4, -0.2) is 7.05 Å². The van der Waals surface area contributed by atoms with Gasteiger partial charge in [0.1, 0.15) is 0 Å². The quantitative estimate of drug-likeness (QED) is 0.711. The Bertz CT molecular complexity index is 250. The lowest BCUT2D eigenvalue weighted by atomic mass is 10.2. The lowest BCUT2D eigenvalue weighted by Gasteiger charge is -2.04. The molecule has 0 saturated carbocycles. The second kappa shape index (κ2) is 3.99. The third-order valence-electron chi connectivity index (χ3n) is 1.60. The van der Waals surface area contributed by atoms with Crippen LogP contribution in [0.5, 0.6) is 0 Å². The first kappa shape index (κ1) is 8.89. The highest BCUT2D eigenvalue weighted by atomic mass is 32.7. The van der Waals surface area contributed by atoms with Crippen LogP contribution in [-0.2, 0) is 0 Å². The van der Waals surface area contributed by atoms with E-state index in [1.807, 2.05) is 7.05 Å². The van der Waals surface area contributed by atoms with Gasteiger partial charge in [-0.1, -0.05) is 14.5 Å². The molecular weight excluding hydrogens is 173 g/mol. The number of nitrogens with one attached hydrogen (secondary N) is 1. The summed E-state index contributed by atoms with van der Waals surface area (Å²) in [5.41, 5.74) is 2.49. The Morgan fingerprint density at radius 3 is 2.73 bits per heavy atom. The van der Waals surface area contributed by atoms with Crippen LogP contribution >= 0.6 is 19.8 Å². The van der Waals surface area contributed by atoms with E-state index in [9.17, 15) is 0 Å². The third kappa shape index (κ3) is 2.11. The van der Waals surface area contributed by atoms with E-state index in [0.717, 1.165) is 0 Å². The highest BCUT2D eigenvalue weighted by Crippen LogP contribution is 2.29. The average Bonchev–Trinajstić information content (AvgIpc) is 2.05. The molecule has 0 spiro atoms. The molecule has 0 aromatic heterocycles. The van der Waals surface area contributed by atoms with Gasteiger partial charge in [-0.25, -0.2) is 0 Å². The SMILES string of the molecule is CNc1ccc(C)c(SP)c1. The van der Waals surface area contributed by atoms with Crippen molar-refractivity contribution in [3.05, 3.63) is 23.8 Å². The van der Waals surface area contributed by atoms with E-state index in [0.29, 0.717) is 0 Å². The molecule has 0 aliphatic carbocycles. The highest BCUT2D eigenvalue weighted by Gasteiger charge is 1.96. The average molecular weight is 185 g/mol. The van der Waals surface area contributed by atoms with Gasteiger partial charge in [-0.15, -0.1) is 11.4 Å². The maximum Gasteiger partial charge on any atom is 0.0349 e. The van der Waals surface area contributed by atoms with Crippen LogP contribution in [0.4, 0.5) is 5.69 Å².